The van der Waals surface area contributed by atoms with Crippen LogP contribution in [0.4, 0.5) is 0 Å². The molecule has 5 unspecified atom stereocenters. The van der Waals surface area contributed by atoms with E-state index in [0.29, 0.717) is 0 Å². The quantitative estimate of drug-likeness (QED) is 0.841. The Morgan fingerprint density at radius 3 is 2.65 bits per heavy atom. The summed E-state index contributed by atoms with van der Waals surface area (Å²) in [7, 11) is 2.19. The summed E-state index contributed by atoms with van der Waals surface area (Å²) in [5, 5.41) is 3.65. The van der Waals surface area contributed by atoms with Crippen LogP contribution in [0, 0.1) is 11.8 Å². The van der Waals surface area contributed by atoms with Crippen molar-refractivity contribution in [1.29, 1.82) is 0 Å². The fourth-order valence-corrected chi connectivity index (χ4v) is 5.46. The Morgan fingerprint density at radius 2 is 1.85 bits per heavy atom. The first-order valence-corrected chi connectivity index (χ1v) is 9.26. The summed E-state index contributed by atoms with van der Waals surface area (Å²) < 4.78 is 0. The van der Waals surface area contributed by atoms with Crippen LogP contribution >= 0.6 is 0 Å². The second-order valence-electron chi connectivity index (χ2n) is 7.57. The summed E-state index contributed by atoms with van der Waals surface area (Å²) in [6, 6.07) is 2.52. The van der Waals surface area contributed by atoms with Crippen molar-refractivity contribution in [3.63, 3.8) is 0 Å². The molecule has 116 valence electrons. The molecule has 0 spiro atoms. The standard InChI is InChI=1S/C18H34N2/c1-3-6-14-9-10-16(19-2)18(13-14)20-12-11-15-7-4-5-8-17(15)20/h14-19H,3-13H2,1-2H3. The highest BCUT2D eigenvalue weighted by atomic mass is 15.2. The van der Waals surface area contributed by atoms with Gasteiger partial charge in [0.1, 0.15) is 0 Å². The lowest BCUT2D eigenvalue weighted by Gasteiger charge is -2.45. The van der Waals surface area contributed by atoms with E-state index in [1.807, 2.05) is 0 Å². The van der Waals surface area contributed by atoms with E-state index in [1.165, 1.54) is 70.8 Å². The maximum atomic E-state index is 3.65. The SMILES string of the molecule is CCCC1CCC(NC)C(N2CCC3CCCCC32)C1. The number of hydrogen-bond acceptors (Lipinski definition) is 2. The maximum absolute atomic E-state index is 3.65. The number of rotatable bonds is 4. The lowest BCUT2D eigenvalue weighted by atomic mass is 9.78. The fraction of sp³-hybridized carbons (Fsp3) is 1.00. The van der Waals surface area contributed by atoms with Gasteiger partial charge in [0, 0.05) is 18.1 Å². The summed E-state index contributed by atoms with van der Waals surface area (Å²) in [4.78, 5) is 2.95. The average Bonchev–Trinajstić information content (AvgIpc) is 2.91. The monoisotopic (exact) mass is 278 g/mol. The zero-order chi connectivity index (χ0) is 13.9. The third-order valence-corrected chi connectivity index (χ3v) is 6.47. The first kappa shape index (κ1) is 14.8. The van der Waals surface area contributed by atoms with Gasteiger partial charge in [0.15, 0.2) is 0 Å². The van der Waals surface area contributed by atoms with Gasteiger partial charge in [-0.2, -0.15) is 0 Å². The van der Waals surface area contributed by atoms with Crippen LogP contribution in [0.2, 0.25) is 0 Å². The first-order valence-electron chi connectivity index (χ1n) is 9.26. The first-order chi connectivity index (χ1) is 9.83. The largest absolute Gasteiger partial charge is 0.315 e. The summed E-state index contributed by atoms with van der Waals surface area (Å²) in [5.74, 6) is 2.03. The second-order valence-corrected chi connectivity index (χ2v) is 7.57. The fourth-order valence-electron chi connectivity index (χ4n) is 5.46. The van der Waals surface area contributed by atoms with Crippen LogP contribution in [0.5, 0.6) is 0 Å². The molecular weight excluding hydrogens is 244 g/mol. The molecule has 3 rings (SSSR count). The van der Waals surface area contributed by atoms with Crippen LogP contribution in [-0.4, -0.2) is 36.6 Å². The van der Waals surface area contributed by atoms with Gasteiger partial charge in [-0.25, -0.2) is 0 Å². The molecule has 3 aliphatic rings. The molecule has 1 N–H and O–H groups in total. The minimum Gasteiger partial charge on any atom is -0.315 e. The highest BCUT2D eigenvalue weighted by Crippen LogP contribution is 2.41. The van der Waals surface area contributed by atoms with Gasteiger partial charge in [-0.05, 0) is 64.0 Å². The molecule has 0 radical (unpaired) electrons. The number of likely N-dealkylation sites (tertiary alicyclic amines) is 1. The van der Waals surface area contributed by atoms with Crippen LogP contribution in [0.1, 0.15) is 71.1 Å². The molecule has 0 aromatic carbocycles. The average molecular weight is 278 g/mol. The molecular formula is C18H34N2. The van der Waals surface area contributed by atoms with Crippen molar-refractivity contribution in [3.05, 3.63) is 0 Å². The van der Waals surface area contributed by atoms with E-state index < -0.39 is 0 Å². The number of nitrogens with zero attached hydrogens (tertiary/aromatic N) is 1. The molecule has 0 bridgehead atoms. The van der Waals surface area contributed by atoms with E-state index >= 15 is 0 Å². The van der Waals surface area contributed by atoms with Crippen molar-refractivity contribution in [2.24, 2.45) is 11.8 Å². The Labute approximate surface area is 125 Å². The number of nitrogens with one attached hydrogen (secondary N) is 1. The van der Waals surface area contributed by atoms with E-state index in [1.54, 1.807) is 0 Å². The van der Waals surface area contributed by atoms with Crippen molar-refractivity contribution in [2.45, 2.75) is 89.3 Å². The van der Waals surface area contributed by atoms with Gasteiger partial charge >= 0.3 is 0 Å². The second kappa shape index (κ2) is 6.79. The normalized spacial score (nSPS) is 42.6. The highest BCUT2D eigenvalue weighted by Gasteiger charge is 2.42. The highest BCUT2D eigenvalue weighted by molar-refractivity contribution is 4.98. The van der Waals surface area contributed by atoms with E-state index in [-0.39, 0.29) is 0 Å². The van der Waals surface area contributed by atoms with Crippen LogP contribution in [0.15, 0.2) is 0 Å². The topological polar surface area (TPSA) is 15.3 Å². The molecule has 1 aliphatic heterocycles. The molecule has 2 saturated carbocycles. The van der Waals surface area contributed by atoms with Crippen molar-refractivity contribution in [3.8, 4) is 0 Å². The van der Waals surface area contributed by atoms with Gasteiger partial charge in [-0.3, -0.25) is 4.90 Å². The minimum atomic E-state index is 0.754. The predicted octanol–water partition coefficient (Wildman–Crippen LogP) is 3.81. The summed E-state index contributed by atoms with van der Waals surface area (Å²) in [6.07, 6.45) is 14.6. The smallest absolute Gasteiger partial charge is 0.0254 e. The minimum absolute atomic E-state index is 0.754. The van der Waals surface area contributed by atoms with E-state index in [4.69, 9.17) is 0 Å². The molecule has 2 nitrogen and oxygen atoms in total. The number of fused-ring (bicyclic) bond motifs is 1. The van der Waals surface area contributed by atoms with Crippen LogP contribution in [0.25, 0.3) is 0 Å². The molecule has 0 aromatic rings. The molecule has 1 heterocycles. The van der Waals surface area contributed by atoms with Crippen LogP contribution in [-0.2, 0) is 0 Å². The van der Waals surface area contributed by atoms with Crippen LogP contribution in [0.3, 0.4) is 0 Å². The Balaban J connectivity index is 1.68. The van der Waals surface area contributed by atoms with Crippen molar-refractivity contribution in [1.82, 2.24) is 10.2 Å². The zero-order valence-electron chi connectivity index (χ0n) is 13.6. The maximum Gasteiger partial charge on any atom is 0.0254 e. The van der Waals surface area contributed by atoms with E-state index in [9.17, 15) is 0 Å². The van der Waals surface area contributed by atoms with Gasteiger partial charge in [0.05, 0.1) is 0 Å². The van der Waals surface area contributed by atoms with Gasteiger partial charge in [0.25, 0.3) is 0 Å². The lowest BCUT2D eigenvalue weighted by molar-refractivity contribution is 0.0652. The van der Waals surface area contributed by atoms with Crippen molar-refractivity contribution < 1.29 is 0 Å². The van der Waals surface area contributed by atoms with Crippen LogP contribution < -0.4 is 5.32 Å². The Morgan fingerprint density at radius 1 is 1.00 bits per heavy atom. The summed E-state index contributed by atoms with van der Waals surface area (Å²) >= 11 is 0. The molecule has 3 fully saturated rings. The summed E-state index contributed by atoms with van der Waals surface area (Å²) in [6.45, 7) is 3.74. The van der Waals surface area contributed by atoms with Gasteiger partial charge < -0.3 is 5.32 Å². The molecule has 1 saturated heterocycles. The Hall–Kier alpha value is -0.0800. The van der Waals surface area contributed by atoms with Gasteiger partial charge in [0.2, 0.25) is 0 Å². The lowest BCUT2D eigenvalue weighted by Crippen LogP contribution is -2.54. The Bertz CT molecular complexity index is 304. The van der Waals surface area contributed by atoms with Gasteiger partial charge in [-0.15, -0.1) is 0 Å². The Kier molecular flexibility index (Phi) is 5.04. The van der Waals surface area contributed by atoms with Crippen molar-refractivity contribution in [2.75, 3.05) is 13.6 Å². The van der Waals surface area contributed by atoms with Gasteiger partial charge in [-0.1, -0.05) is 32.6 Å². The molecule has 0 amide bonds. The van der Waals surface area contributed by atoms with E-state index in [2.05, 4.69) is 24.2 Å². The molecule has 2 heteroatoms. The molecule has 5 atom stereocenters. The summed E-state index contributed by atoms with van der Waals surface area (Å²) in [5.41, 5.74) is 0. The number of hydrogen-bond donors (Lipinski definition) is 1. The predicted molar refractivity (Wildman–Crippen MR) is 86.0 cm³/mol. The molecule has 20 heavy (non-hydrogen) atoms. The van der Waals surface area contributed by atoms with Crippen molar-refractivity contribution >= 4 is 0 Å². The number of likely N-dealkylation sites (N-methyl/N-ethyl adjacent to an activating group) is 1. The third kappa shape index (κ3) is 2.92. The molecule has 2 aliphatic carbocycles. The van der Waals surface area contributed by atoms with E-state index in [0.717, 1.165) is 30.0 Å². The molecule has 0 aromatic heterocycles. The third-order valence-electron chi connectivity index (χ3n) is 6.47. The zero-order valence-corrected chi connectivity index (χ0v) is 13.6.